The average molecular weight is 388 g/mol. The van der Waals surface area contributed by atoms with Gasteiger partial charge in [0.05, 0.1) is 16.8 Å². The molecule has 0 fully saturated rings. The molecule has 0 aliphatic rings. The van der Waals surface area contributed by atoms with Gasteiger partial charge in [-0.15, -0.1) is 0 Å². The van der Waals surface area contributed by atoms with Gasteiger partial charge < -0.3 is 10.2 Å². The van der Waals surface area contributed by atoms with Gasteiger partial charge in [0.2, 0.25) is 0 Å². The maximum Gasteiger partial charge on any atom is 0.136 e. The van der Waals surface area contributed by atoms with Crippen molar-refractivity contribution in [3.8, 4) is 0 Å². The van der Waals surface area contributed by atoms with Crippen molar-refractivity contribution in [2.24, 2.45) is 5.73 Å². The zero-order valence-electron chi connectivity index (χ0n) is 10.6. The predicted octanol–water partition coefficient (Wildman–Crippen LogP) is 3.94. The van der Waals surface area contributed by atoms with Gasteiger partial charge >= 0.3 is 0 Å². The normalized spacial score (nSPS) is 12.9. The molecule has 0 radical (unpaired) electrons. The van der Waals surface area contributed by atoms with Crippen LogP contribution in [0.1, 0.15) is 17.4 Å². The molecule has 1 heterocycles. The van der Waals surface area contributed by atoms with E-state index >= 15 is 0 Å². The van der Waals surface area contributed by atoms with Crippen LogP contribution in [0.3, 0.4) is 0 Å². The highest BCUT2D eigenvalue weighted by atomic mass is 79.9. The molecular weight excluding hydrogens is 372 g/mol. The third-order valence-electron chi connectivity index (χ3n) is 3.08. The predicted molar refractivity (Wildman–Crippen MR) is 83.8 cm³/mol. The minimum atomic E-state index is 0.0523. The first-order chi connectivity index (χ1) is 9.13. The molecule has 1 aromatic heterocycles. The van der Waals surface area contributed by atoms with E-state index in [2.05, 4.69) is 42.8 Å². The van der Waals surface area contributed by atoms with Gasteiger partial charge in [-0.05, 0) is 40.7 Å². The molecule has 19 heavy (non-hydrogen) atoms. The van der Waals surface area contributed by atoms with E-state index in [4.69, 9.17) is 10.2 Å². The number of rotatable bonds is 5. The lowest BCUT2D eigenvalue weighted by Crippen LogP contribution is -2.30. The van der Waals surface area contributed by atoms with Gasteiger partial charge in [-0.25, -0.2) is 0 Å². The van der Waals surface area contributed by atoms with Gasteiger partial charge in [-0.1, -0.05) is 34.1 Å². The second kappa shape index (κ2) is 6.70. The molecule has 0 aliphatic heterocycles. The largest absolute Gasteiger partial charge is 0.466 e. The molecule has 1 aromatic carbocycles. The Hall–Kier alpha value is -0.620. The summed E-state index contributed by atoms with van der Waals surface area (Å²) in [4.78, 5) is 2.18. The van der Waals surface area contributed by atoms with Gasteiger partial charge in [0.1, 0.15) is 5.76 Å². The van der Waals surface area contributed by atoms with Crippen molar-refractivity contribution < 1.29 is 4.42 Å². The molecule has 0 aliphatic carbocycles. The number of hydrogen-bond donors (Lipinski definition) is 1. The van der Waals surface area contributed by atoms with Crippen LogP contribution in [0.15, 0.2) is 50.0 Å². The van der Waals surface area contributed by atoms with Crippen LogP contribution in [0.5, 0.6) is 0 Å². The molecule has 2 aromatic rings. The fourth-order valence-corrected chi connectivity index (χ4v) is 2.91. The van der Waals surface area contributed by atoms with Crippen LogP contribution in [0, 0.1) is 0 Å². The van der Waals surface area contributed by atoms with Crippen LogP contribution in [-0.2, 0) is 6.54 Å². The van der Waals surface area contributed by atoms with E-state index in [1.165, 1.54) is 5.56 Å². The minimum absolute atomic E-state index is 0.0523. The smallest absolute Gasteiger partial charge is 0.136 e. The second-order valence-corrected chi connectivity index (χ2v) is 6.10. The quantitative estimate of drug-likeness (QED) is 0.844. The van der Waals surface area contributed by atoms with Crippen molar-refractivity contribution >= 4 is 31.9 Å². The van der Waals surface area contributed by atoms with Crippen molar-refractivity contribution in [3.63, 3.8) is 0 Å². The number of halogens is 2. The van der Waals surface area contributed by atoms with Crippen molar-refractivity contribution in [1.29, 1.82) is 0 Å². The number of furan rings is 1. The maximum atomic E-state index is 5.89. The van der Waals surface area contributed by atoms with E-state index in [1.54, 1.807) is 6.26 Å². The van der Waals surface area contributed by atoms with Crippen molar-refractivity contribution in [1.82, 2.24) is 4.90 Å². The lowest BCUT2D eigenvalue weighted by atomic mass is 10.1. The van der Waals surface area contributed by atoms with Crippen molar-refractivity contribution in [2.75, 3.05) is 13.6 Å². The van der Waals surface area contributed by atoms with Gasteiger partial charge in [0.15, 0.2) is 0 Å². The summed E-state index contributed by atoms with van der Waals surface area (Å²) in [6, 6.07) is 10.1. The Bertz CT molecular complexity index is 542. The Morgan fingerprint density at radius 1 is 1.21 bits per heavy atom. The molecule has 0 saturated heterocycles. The Labute approximate surface area is 130 Å². The monoisotopic (exact) mass is 386 g/mol. The van der Waals surface area contributed by atoms with E-state index < -0.39 is 0 Å². The summed E-state index contributed by atoms with van der Waals surface area (Å²) in [7, 11) is 2.05. The van der Waals surface area contributed by atoms with E-state index in [0.29, 0.717) is 6.54 Å². The van der Waals surface area contributed by atoms with E-state index in [-0.39, 0.29) is 6.04 Å². The first kappa shape index (κ1) is 14.8. The summed E-state index contributed by atoms with van der Waals surface area (Å²) >= 11 is 7.06. The molecule has 0 spiro atoms. The maximum absolute atomic E-state index is 5.89. The number of nitrogens with zero attached hydrogens (tertiary/aromatic N) is 1. The molecule has 0 bridgehead atoms. The van der Waals surface area contributed by atoms with E-state index in [9.17, 15) is 0 Å². The number of benzene rings is 1. The molecule has 2 rings (SSSR count). The Morgan fingerprint density at radius 2 is 1.95 bits per heavy atom. The highest BCUT2D eigenvalue weighted by Gasteiger charge is 2.21. The average Bonchev–Trinajstić information content (AvgIpc) is 2.80. The standard InChI is InChI=1S/C14H16Br2N2O/c1-18(9-10-4-2-3-5-11(10)15)13(8-17)14-12(16)6-7-19-14/h2-7,13H,8-9,17H2,1H3. The Kier molecular flexibility index (Phi) is 5.21. The van der Waals surface area contributed by atoms with Crippen LogP contribution in [0.4, 0.5) is 0 Å². The van der Waals surface area contributed by atoms with E-state index in [0.717, 1.165) is 21.3 Å². The zero-order valence-corrected chi connectivity index (χ0v) is 13.8. The third-order valence-corrected chi connectivity index (χ3v) is 4.51. The fourth-order valence-electron chi connectivity index (χ4n) is 2.04. The number of hydrogen-bond acceptors (Lipinski definition) is 3. The van der Waals surface area contributed by atoms with Crippen LogP contribution >= 0.6 is 31.9 Å². The minimum Gasteiger partial charge on any atom is -0.466 e. The molecule has 0 saturated carbocycles. The van der Waals surface area contributed by atoms with Crippen LogP contribution in [-0.4, -0.2) is 18.5 Å². The van der Waals surface area contributed by atoms with Gasteiger partial charge in [0, 0.05) is 17.6 Å². The molecule has 2 N–H and O–H groups in total. The summed E-state index contributed by atoms with van der Waals surface area (Å²) in [5, 5.41) is 0. The first-order valence-electron chi connectivity index (χ1n) is 6.00. The highest BCUT2D eigenvalue weighted by Crippen LogP contribution is 2.29. The summed E-state index contributed by atoms with van der Waals surface area (Å²) in [6.45, 7) is 1.31. The number of likely N-dealkylation sites (N-methyl/N-ethyl adjacent to an activating group) is 1. The van der Waals surface area contributed by atoms with Crippen LogP contribution in [0.25, 0.3) is 0 Å². The van der Waals surface area contributed by atoms with Crippen LogP contribution in [0.2, 0.25) is 0 Å². The lowest BCUT2D eigenvalue weighted by Gasteiger charge is -2.26. The van der Waals surface area contributed by atoms with Gasteiger partial charge in [-0.2, -0.15) is 0 Å². The summed E-state index contributed by atoms with van der Waals surface area (Å²) < 4.78 is 7.59. The van der Waals surface area contributed by atoms with E-state index in [1.807, 2.05) is 31.3 Å². The Balaban J connectivity index is 2.16. The van der Waals surface area contributed by atoms with Gasteiger partial charge in [0.25, 0.3) is 0 Å². The first-order valence-corrected chi connectivity index (χ1v) is 7.58. The topological polar surface area (TPSA) is 42.4 Å². The summed E-state index contributed by atoms with van der Waals surface area (Å²) in [6.07, 6.45) is 1.67. The molecule has 0 amide bonds. The molecule has 102 valence electrons. The van der Waals surface area contributed by atoms with Crippen molar-refractivity contribution in [2.45, 2.75) is 12.6 Å². The van der Waals surface area contributed by atoms with Crippen molar-refractivity contribution in [3.05, 3.63) is 56.9 Å². The zero-order chi connectivity index (χ0) is 13.8. The molecular formula is C14H16Br2N2O. The Morgan fingerprint density at radius 3 is 2.53 bits per heavy atom. The highest BCUT2D eigenvalue weighted by molar-refractivity contribution is 9.10. The molecule has 5 heteroatoms. The molecule has 1 atom stereocenters. The SMILES string of the molecule is CN(Cc1ccccc1Br)C(CN)c1occc1Br. The van der Waals surface area contributed by atoms with Crippen LogP contribution < -0.4 is 5.73 Å². The molecule has 3 nitrogen and oxygen atoms in total. The molecule has 1 unspecified atom stereocenters. The third kappa shape index (κ3) is 3.48. The lowest BCUT2D eigenvalue weighted by molar-refractivity contribution is 0.211. The second-order valence-electron chi connectivity index (χ2n) is 4.39. The fraction of sp³-hybridized carbons (Fsp3) is 0.286. The summed E-state index contributed by atoms with van der Waals surface area (Å²) in [5.41, 5.74) is 7.12. The summed E-state index contributed by atoms with van der Waals surface area (Å²) in [5.74, 6) is 0.872. The number of nitrogens with two attached hydrogens (primary N) is 1. The van der Waals surface area contributed by atoms with Gasteiger partial charge in [-0.3, -0.25) is 4.90 Å².